The summed E-state index contributed by atoms with van der Waals surface area (Å²) in [6, 6.07) is 12.5. The number of guanidine groups is 1. The van der Waals surface area contributed by atoms with E-state index in [2.05, 4.69) is 51.8 Å². The standard InChI is InChI=1S/C23H30N4O2S/c1-6-24-23(27(3)14-20-15-30-22(26-20)16(2)28-4)25-13-17-7-8-19-12-21(29-5)10-9-18(19)11-17/h7-12,15-16H,6,13-14H2,1-5H3,(H,24,25). The molecule has 1 heterocycles. The lowest BCUT2D eigenvalue weighted by Crippen LogP contribution is -2.38. The second-order valence-corrected chi connectivity index (χ2v) is 8.02. The summed E-state index contributed by atoms with van der Waals surface area (Å²) in [7, 11) is 5.43. The van der Waals surface area contributed by atoms with Gasteiger partial charge in [0.2, 0.25) is 0 Å². The lowest BCUT2D eigenvalue weighted by Gasteiger charge is -2.21. The van der Waals surface area contributed by atoms with E-state index in [9.17, 15) is 0 Å². The Labute approximate surface area is 182 Å². The van der Waals surface area contributed by atoms with Gasteiger partial charge in [-0.05, 0) is 48.4 Å². The van der Waals surface area contributed by atoms with Crippen molar-refractivity contribution in [3.05, 3.63) is 58.0 Å². The van der Waals surface area contributed by atoms with E-state index in [1.807, 2.05) is 26.1 Å². The minimum atomic E-state index is 0.0174. The zero-order valence-corrected chi connectivity index (χ0v) is 19.1. The smallest absolute Gasteiger partial charge is 0.194 e. The van der Waals surface area contributed by atoms with Gasteiger partial charge in [0.15, 0.2) is 5.96 Å². The highest BCUT2D eigenvalue weighted by molar-refractivity contribution is 7.09. The highest BCUT2D eigenvalue weighted by atomic mass is 32.1. The molecule has 0 radical (unpaired) electrons. The van der Waals surface area contributed by atoms with Crippen LogP contribution < -0.4 is 10.1 Å². The average molecular weight is 427 g/mol. The second kappa shape index (κ2) is 10.4. The third-order valence-corrected chi connectivity index (χ3v) is 5.94. The maximum absolute atomic E-state index is 5.36. The molecule has 0 amide bonds. The summed E-state index contributed by atoms with van der Waals surface area (Å²) in [6.45, 7) is 6.20. The number of hydrogen-bond donors (Lipinski definition) is 1. The molecule has 3 aromatic rings. The Kier molecular flexibility index (Phi) is 7.65. The molecule has 7 heteroatoms. The first-order valence-corrected chi connectivity index (χ1v) is 10.9. The normalized spacial score (nSPS) is 12.8. The zero-order valence-electron chi connectivity index (χ0n) is 18.3. The number of fused-ring (bicyclic) bond motifs is 1. The first-order valence-electron chi connectivity index (χ1n) is 10.1. The van der Waals surface area contributed by atoms with Crippen LogP contribution in [0.5, 0.6) is 5.75 Å². The van der Waals surface area contributed by atoms with Gasteiger partial charge in [-0.2, -0.15) is 0 Å². The fourth-order valence-electron chi connectivity index (χ4n) is 3.14. The number of methoxy groups -OCH3 is 2. The molecule has 6 nitrogen and oxygen atoms in total. The van der Waals surface area contributed by atoms with Crippen molar-refractivity contribution in [1.29, 1.82) is 0 Å². The SMILES string of the molecule is CCNC(=NCc1ccc2cc(OC)ccc2c1)N(C)Cc1csc(C(C)OC)n1. The molecular weight excluding hydrogens is 396 g/mol. The highest BCUT2D eigenvalue weighted by Crippen LogP contribution is 2.23. The molecule has 30 heavy (non-hydrogen) atoms. The van der Waals surface area contributed by atoms with Gasteiger partial charge >= 0.3 is 0 Å². The van der Waals surface area contributed by atoms with Crippen molar-refractivity contribution in [2.75, 3.05) is 27.8 Å². The van der Waals surface area contributed by atoms with Crippen molar-refractivity contribution < 1.29 is 9.47 Å². The van der Waals surface area contributed by atoms with E-state index in [0.717, 1.165) is 34.3 Å². The summed E-state index contributed by atoms with van der Waals surface area (Å²) in [5, 5.41) is 8.81. The fraction of sp³-hybridized carbons (Fsp3) is 0.391. The van der Waals surface area contributed by atoms with E-state index in [-0.39, 0.29) is 6.10 Å². The van der Waals surface area contributed by atoms with Crippen LogP contribution in [0.3, 0.4) is 0 Å². The molecule has 1 N–H and O–H groups in total. The number of aliphatic imine (C=N–C) groups is 1. The Balaban J connectivity index is 1.71. The van der Waals surface area contributed by atoms with Crippen molar-refractivity contribution in [3.63, 3.8) is 0 Å². The Morgan fingerprint density at radius 2 is 1.97 bits per heavy atom. The number of nitrogens with zero attached hydrogens (tertiary/aromatic N) is 3. The van der Waals surface area contributed by atoms with Crippen LogP contribution in [0.25, 0.3) is 10.8 Å². The molecule has 0 spiro atoms. The van der Waals surface area contributed by atoms with Crippen LogP contribution in [-0.4, -0.2) is 43.7 Å². The summed E-state index contributed by atoms with van der Waals surface area (Å²) >= 11 is 1.63. The molecule has 0 aliphatic heterocycles. The van der Waals surface area contributed by atoms with E-state index in [1.54, 1.807) is 25.6 Å². The minimum Gasteiger partial charge on any atom is -0.497 e. The van der Waals surface area contributed by atoms with Crippen LogP contribution >= 0.6 is 11.3 Å². The number of nitrogens with one attached hydrogen (secondary N) is 1. The number of thiazole rings is 1. The van der Waals surface area contributed by atoms with Gasteiger partial charge in [0.1, 0.15) is 16.9 Å². The van der Waals surface area contributed by atoms with E-state index in [0.29, 0.717) is 13.1 Å². The monoisotopic (exact) mass is 426 g/mol. The number of rotatable bonds is 8. The van der Waals surface area contributed by atoms with E-state index in [4.69, 9.17) is 14.5 Å². The Hall–Kier alpha value is -2.64. The predicted octanol–water partition coefficient (Wildman–Crippen LogP) is 4.61. The predicted molar refractivity (Wildman–Crippen MR) is 124 cm³/mol. The Morgan fingerprint density at radius 1 is 1.20 bits per heavy atom. The summed E-state index contributed by atoms with van der Waals surface area (Å²) in [5.41, 5.74) is 2.19. The minimum absolute atomic E-state index is 0.0174. The molecule has 1 unspecified atom stereocenters. The van der Waals surface area contributed by atoms with Gasteiger partial charge in [-0.25, -0.2) is 9.98 Å². The highest BCUT2D eigenvalue weighted by Gasteiger charge is 2.12. The molecule has 0 aliphatic rings. The topological polar surface area (TPSA) is 59.0 Å². The fourth-order valence-corrected chi connectivity index (χ4v) is 3.98. The number of aromatic nitrogens is 1. The Morgan fingerprint density at radius 3 is 2.70 bits per heavy atom. The zero-order chi connectivity index (χ0) is 21.5. The van der Waals surface area contributed by atoms with Gasteiger partial charge in [-0.3, -0.25) is 0 Å². The van der Waals surface area contributed by atoms with E-state index >= 15 is 0 Å². The molecule has 1 aromatic heterocycles. The van der Waals surface area contributed by atoms with Crippen LogP contribution in [0.1, 0.15) is 36.2 Å². The summed E-state index contributed by atoms with van der Waals surface area (Å²) < 4.78 is 10.7. The first kappa shape index (κ1) is 22.1. The largest absolute Gasteiger partial charge is 0.497 e. The second-order valence-electron chi connectivity index (χ2n) is 7.13. The Bertz CT molecular complexity index is 1000. The van der Waals surface area contributed by atoms with Crippen molar-refractivity contribution in [1.82, 2.24) is 15.2 Å². The molecular formula is C23H30N4O2S. The lowest BCUT2D eigenvalue weighted by atomic mass is 10.1. The van der Waals surface area contributed by atoms with Crippen LogP contribution in [0, 0.1) is 0 Å². The van der Waals surface area contributed by atoms with Crippen LogP contribution in [0.4, 0.5) is 0 Å². The van der Waals surface area contributed by atoms with Gasteiger partial charge in [0.05, 0.1) is 25.9 Å². The van der Waals surface area contributed by atoms with E-state index in [1.165, 1.54) is 10.9 Å². The summed E-state index contributed by atoms with van der Waals surface area (Å²) in [5.74, 6) is 1.73. The van der Waals surface area contributed by atoms with Gasteiger partial charge in [0, 0.05) is 26.1 Å². The molecule has 2 aromatic carbocycles. The van der Waals surface area contributed by atoms with Crippen molar-refractivity contribution in [2.24, 2.45) is 4.99 Å². The molecule has 0 saturated carbocycles. The van der Waals surface area contributed by atoms with Crippen LogP contribution in [0.15, 0.2) is 46.8 Å². The summed E-state index contributed by atoms with van der Waals surface area (Å²) in [6.07, 6.45) is 0.0174. The lowest BCUT2D eigenvalue weighted by molar-refractivity contribution is 0.119. The first-order chi connectivity index (χ1) is 14.5. The van der Waals surface area contributed by atoms with Crippen molar-refractivity contribution >= 4 is 28.1 Å². The quantitative estimate of drug-likeness (QED) is 0.421. The average Bonchev–Trinajstić information content (AvgIpc) is 3.23. The number of hydrogen-bond acceptors (Lipinski definition) is 5. The molecule has 0 bridgehead atoms. The van der Waals surface area contributed by atoms with Crippen molar-refractivity contribution in [2.45, 2.75) is 33.0 Å². The van der Waals surface area contributed by atoms with Crippen LogP contribution in [-0.2, 0) is 17.8 Å². The third-order valence-electron chi connectivity index (χ3n) is 4.89. The molecule has 0 aliphatic carbocycles. The van der Waals surface area contributed by atoms with Gasteiger partial charge in [-0.1, -0.05) is 18.2 Å². The van der Waals surface area contributed by atoms with Crippen molar-refractivity contribution in [3.8, 4) is 5.75 Å². The van der Waals surface area contributed by atoms with Gasteiger partial charge in [-0.15, -0.1) is 11.3 Å². The van der Waals surface area contributed by atoms with Crippen LogP contribution in [0.2, 0.25) is 0 Å². The van der Waals surface area contributed by atoms with E-state index < -0.39 is 0 Å². The maximum atomic E-state index is 5.36. The molecule has 0 saturated heterocycles. The van der Waals surface area contributed by atoms with Gasteiger partial charge in [0.25, 0.3) is 0 Å². The number of benzene rings is 2. The molecule has 0 fully saturated rings. The molecule has 3 rings (SSSR count). The summed E-state index contributed by atoms with van der Waals surface area (Å²) in [4.78, 5) is 11.6. The molecule has 160 valence electrons. The maximum Gasteiger partial charge on any atom is 0.194 e. The number of ether oxygens (including phenoxy) is 2. The molecule has 1 atom stereocenters. The van der Waals surface area contributed by atoms with Gasteiger partial charge < -0.3 is 19.7 Å². The third kappa shape index (κ3) is 5.49.